The molecule has 4 aromatic rings. The van der Waals surface area contributed by atoms with Gasteiger partial charge in [-0.3, -0.25) is 38.1 Å². The van der Waals surface area contributed by atoms with Gasteiger partial charge in [0.1, 0.15) is 29.9 Å². The molecule has 0 radical (unpaired) electrons. The Balaban J connectivity index is 1.47. The number of carboxylic acid groups (broad SMARTS) is 1. The third kappa shape index (κ3) is 18.0. The van der Waals surface area contributed by atoms with E-state index in [2.05, 4.69) is 41.1 Å². The highest BCUT2D eigenvalue weighted by atomic mass is 32.3. The fraction of sp³-hybridized carbons (Fsp3) is 0.413. The van der Waals surface area contributed by atoms with Crippen LogP contribution < -0.4 is 36.1 Å². The lowest BCUT2D eigenvalue weighted by atomic mass is 10.0. The number of hydrogen-bond donors (Lipinski definition) is 9. The number of aliphatic carboxylic acids is 1. The molecule has 0 aliphatic carbocycles. The molecule has 0 aliphatic rings. The fourth-order valence-corrected chi connectivity index (χ4v) is 7.35. The first kappa shape index (κ1) is 51.8. The zero-order valence-electron chi connectivity index (χ0n) is 37.0. The van der Waals surface area contributed by atoms with Crippen LogP contribution >= 0.6 is 0 Å². The van der Waals surface area contributed by atoms with Crippen molar-refractivity contribution >= 4 is 62.7 Å². The van der Waals surface area contributed by atoms with Crippen molar-refractivity contribution in [3.63, 3.8) is 0 Å². The number of rotatable bonds is 28. The summed E-state index contributed by atoms with van der Waals surface area (Å²) < 4.78 is 35.7. The number of fused-ring (bicyclic) bond motifs is 1. The largest absolute Gasteiger partial charge is 0.481 e. The SMILES string of the molecule is CCCC[C@H](NC(=O)[C@H](Cc1ccc(OS(=O)(=O)O)cc1)NC(=O)CCC(=O)O)C(=O)NCC(=O)N[C@H](Cc1c[nH]c2ccccc12)C(=O)N[C@@H](CCCC)C(=O)NCCc1ccccc1. The molecule has 3 aromatic carbocycles. The number of aromatic amines is 1. The maximum Gasteiger partial charge on any atom is 0.446 e. The molecule has 1 aromatic heterocycles. The molecule has 6 amide bonds. The van der Waals surface area contributed by atoms with E-state index >= 15 is 0 Å². The molecule has 4 atom stereocenters. The maximum absolute atomic E-state index is 14.1. The lowest BCUT2D eigenvalue weighted by Gasteiger charge is -2.24. The molecular formula is C46H59N7O12S. The summed E-state index contributed by atoms with van der Waals surface area (Å²) in [5.41, 5.74) is 2.98. The molecule has 356 valence electrons. The number of amides is 6. The van der Waals surface area contributed by atoms with Crippen molar-refractivity contribution in [1.82, 2.24) is 36.9 Å². The summed E-state index contributed by atoms with van der Waals surface area (Å²) in [6.07, 6.45) is 4.24. The van der Waals surface area contributed by atoms with Crippen molar-refractivity contribution in [3.05, 3.63) is 102 Å². The van der Waals surface area contributed by atoms with Crippen LogP contribution in [0.15, 0.2) is 85.1 Å². The standard InChI is InChI=1S/C46H59N7O12S/c1-3-5-15-36(43(58)47-25-24-30-12-8-7-9-13-30)52-46(61)39(27-32-28-48-35-17-11-10-14-34(32)35)51-41(55)29-49-44(59)37(16-6-4-2)53-45(60)38(50-40(54)22-23-42(56)57)26-31-18-20-33(21-19-31)65-66(62,63)64/h7-14,17-21,28,36-39,48H,3-6,15-16,22-27,29H2,1-2H3,(H,47,58)(H,49,59)(H,50,54)(H,51,55)(H,52,61)(H,53,60)(H,56,57)(H,62,63,64)/t36-,37-,38-,39+/m0/s1. The van der Waals surface area contributed by atoms with Crippen molar-refractivity contribution < 1.29 is 55.8 Å². The number of carboxylic acids is 1. The predicted molar refractivity (Wildman–Crippen MR) is 244 cm³/mol. The summed E-state index contributed by atoms with van der Waals surface area (Å²) in [5.74, 6) is -5.47. The lowest BCUT2D eigenvalue weighted by molar-refractivity contribution is -0.139. The fourth-order valence-electron chi connectivity index (χ4n) is 7.00. The highest BCUT2D eigenvalue weighted by molar-refractivity contribution is 7.81. The number of aromatic nitrogens is 1. The molecule has 1 heterocycles. The highest BCUT2D eigenvalue weighted by Crippen LogP contribution is 2.20. The minimum absolute atomic E-state index is 0.0384. The summed E-state index contributed by atoms with van der Waals surface area (Å²) in [6.45, 7) is 3.59. The molecular weight excluding hydrogens is 875 g/mol. The van der Waals surface area contributed by atoms with Crippen molar-refractivity contribution in [2.75, 3.05) is 13.1 Å². The summed E-state index contributed by atoms with van der Waals surface area (Å²) in [7, 11) is -4.81. The van der Waals surface area contributed by atoms with Crippen LogP contribution in [0.1, 0.15) is 81.9 Å². The predicted octanol–water partition coefficient (Wildman–Crippen LogP) is 2.79. The van der Waals surface area contributed by atoms with Crippen LogP contribution in [0, 0.1) is 0 Å². The van der Waals surface area contributed by atoms with E-state index in [0.717, 1.165) is 28.5 Å². The molecule has 19 nitrogen and oxygen atoms in total. The number of carbonyl (C=O) groups is 7. The van der Waals surface area contributed by atoms with Gasteiger partial charge in [0.2, 0.25) is 35.4 Å². The van der Waals surface area contributed by atoms with Gasteiger partial charge in [0.15, 0.2) is 0 Å². The smallest absolute Gasteiger partial charge is 0.446 e. The third-order valence-corrected chi connectivity index (χ3v) is 10.9. The Bertz CT molecular complexity index is 2380. The van der Waals surface area contributed by atoms with E-state index in [-0.39, 0.29) is 30.9 Å². The van der Waals surface area contributed by atoms with Gasteiger partial charge in [-0.1, -0.05) is 100 Å². The van der Waals surface area contributed by atoms with Gasteiger partial charge in [0, 0.05) is 42.9 Å². The Hall–Kier alpha value is -6.80. The van der Waals surface area contributed by atoms with Crippen LogP contribution in [-0.4, -0.2) is 102 Å². The summed E-state index contributed by atoms with van der Waals surface area (Å²) in [6, 6.07) is 17.7. The minimum Gasteiger partial charge on any atom is -0.481 e. The Kier molecular flexibility index (Phi) is 20.6. The molecule has 0 saturated carbocycles. The molecule has 0 spiro atoms. The Morgan fingerprint density at radius 2 is 1.21 bits per heavy atom. The molecule has 4 rings (SSSR count). The molecule has 66 heavy (non-hydrogen) atoms. The van der Waals surface area contributed by atoms with Gasteiger partial charge in [-0.15, -0.1) is 0 Å². The maximum atomic E-state index is 14.1. The van der Waals surface area contributed by atoms with E-state index in [1.54, 1.807) is 6.20 Å². The average Bonchev–Trinajstić information content (AvgIpc) is 3.69. The normalized spacial score (nSPS) is 13.0. The van der Waals surface area contributed by atoms with Crippen molar-refractivity contribution in [2.45, 2.75) is 109 Å². The van der Waals surface area contributed by atoms with Crippen LogP contribution in [0.2, 0.25) is 0 Å². The second-order valence-electron chi connectivity index (χ2n) is 15.7. The van der Waals surface area contributed by atoms with E-state index in [1.807, 2.05) is 68.4 Å². The second-order valence-corrected chi connectivity index (χ2v) is 16.7. The van der Waals surface area contributed by atoms with Crippen LogP contribution in [0.25, 0.3) is 10.9 Å². The zero-order chi connectivity index (χ0) is 48.1. The number of unbranched alkanes of at least 4 members (excludes halogenated alkanes) is 2. The Morgan fingerprint density at radius 1 is 0.636 bits per heavy atom. The number of hydrogen-bond acceptors (Lipinski definition) is 10. The van der Waals surface area contributed by atoms with Crippen LogP contribution in [0.4, 0.5) is 0 Å². The Morgan fingerprint density at radius 3 is 1.82 bits per heavy atom. The van der Waals surface area contributed by atoms with Crippen molar-refractivity contribution in [3.8, 4) is 5.75 Å². The molecule has 0 fully saturated rings. The van der Waals surface area contributed by atoms with Crippen molar-refractivity contribution in [2.24, 2.45) is 0 Å². The molecule has 9 N–H and O–H groups in total. The van der Waals surface area contributed by atoms with Crippen LogP contribution in [-0.2, 0) is 63.2 Å². The van der Waals surface area contributed by atoms with Gasteiger partial charge in [-0.05, 0) is 54.2 Å². The summed E-state index contributed by atoms with van der Waals surface area (Å²) in [5, 5.41) is 26.0. The first-order valence-corrected chi connectivity index (χ1v) is 23.2. The average molecular weight is 934 g/mol. The van der Waals surface area contributed by atoms with Crippen LogP contribution in [0.3, 0.4) is 0 Å². The molecule has 0 unspecified atom stereocenters. The van der Waals surface area contributed by atoms with E-state index in [0.29, 0.717) is 44.2 Å². The highest BCUT2D eigenvalue weighted by Gasteiger charge is 2.30. The number of para-hydroxylation sites is 1. The monoisotopic (exact) mass is 933 g/mol. The summed E-state index contributed by atoms with van der Waals surface area (Å²) >= 11 is 0. The van der Waals surface area contributed by atoms with Gasteiger partial charge in [-0.25, -0.2) is 0 Å². The van der Waals surface area contributed by atoms with E-state index in [9.17, 15) is 42.0 Å². The molecule has 0 bridgehead atoms. The first-order chi connectivity index (χ1) is 31.5. The lowest BCUT2D eigenvalue weighted by Crippen LogP contribution is -2.57. The van der Waals surface area contributed by atoms with Crippen LogP contribution in [0.5, 0.6) is 5.75 Å². The molecule has 20 heteroatoms. The van der Waals surface area contributed by atoms with E-state index in [4.69, 9.17) is 9.66 Å². The number of carbonyl (C=O) groups excluding carboxylic acids is 6. The second kappa shape index (κ2) is 26.2. The third-order valence-electron chi connectivity index (χ3n) is 10.5. The van der Waals surface area contributed by atoms with Gasteiger partial charge in [-0.2, -0.15) is 8.42 Å². The van der Waals surface area contributed by atoms with E-state index < -0.39 is 89.5 Å². The van der Waals surface area contributed by atoms with E-state index in [1.165, 1.54) is 24.3 Å². The molecule has 0 aliphatic heterocycles. The van der Waals surface area contributed by atoms with Crippen molar-refractivity contribution in [1.29, 1.82) is 0 Å². The zero-order valence-corrected chi connectivity index (χ0v) is 37.8. The van der Waals surface area contributed by atoms with Gasteiger partial charge >= 0.3 is 16.4 Å². The van der Waals surface area contributed by atoms with Gasteiger partial charge in [0.05, 0.1) is 13.0 Å². The van der Waals surface area contributed by atoms with Gasteiger partial charge < -0.3 is 46.2 Å². The number of H-pyrrole nitrogens is 1. The number of benzene rings is 3. The minimum atomic E-state index is -4.81. The first-order valence-electron chi connectivity index (χ1n) is 21.9. The quantitative estimate of drug-likeness (QED) is 0.0372. The Labute approximate surface area is 383 Å². The number of nitrogens with one attached hydrogen (secondary N) is 7. The summed E-state index contributed by atoms with van der Waals surface area (Å²) in [4.78, 5) is 95.5. The molecule has 0 saturated heterocycles. The topological polar surface area (TPSA) is 291 Å². The van der Waals surface area contributed by atoms with Gasteiger partial charge in [0.25, 0.3) is 0 Å².